The Morgan fingerprint density at radius 2 is 2.37 bits per heavy atom. The van der Waals surface area contributed by atoms with Crippen LogP contribution in [-0.2, 0) is 11.3 Å². The van der Waals surface area contributed by atoms with Crippen LogP contribution >= 0.6 is 0 Å². The highest BCUT2D eigenvalue weighted by Crippen LogP contribution is 2.24. The average molecular weight is 263 g/mol. The van der Waals surface area contributed by atoms with Gasteiger partial charge in [0.15, 0.2) is 0 Å². The van der Waals surface area contributed by atoms with Crippen LogP contribution in [-0.4, -0.2) is 35.1 Å². The van der Waals surface area contributed by atoms with Gasteiger partial charge in [-0.1, -0.05) is 0 Å². The molecular formula is C13H17N3O3. The lowest BCUT2D eigenvalue weighted by Crippen LogP contribution is -2.40. The molecular weight excluding hydrogens is 246 g/mol. The first kappa shape index (κ1) is 13.5. The fraction of sp³-hybridized carbons (Fsp3) is 0.462. The first-order valence-electron chi connectivity index (χ1n) is 6.18. The van der Waals surface area contributed by atoms with Crippen molar-refractivity contribution in [2.24, 2.45) is 5.41 Å². The number of aromatic carboxylic acids is 1. The standard InChI is InChI=1S/C13H17N3O3/c1-13(3-5-14-8-13)12(19)16-7-10-6-9(11(17)18)2-4-15-10/h2,4,6,14H,3,5,7-8H2,1H3,(H,16,19)(H,17,18). The van der Waals surface area contributed by atoms with Gasteiger partial charge in [0.25, 0.3) is 0 Å². The normalized spacial score (nSPS) is 22.2. The van der Waals surface area contributed by atoms with Gasteiger partial charge in [-0.25, -0.2) is 4.79 Å². The lowest BCUT2D eigenvalue weighted by atomic mass is 9.89. The van der Waals surface area contributed by atoms with E-state index in [0.717, 1.165) is 13.0 Å². The maximum atomic E-state index is 12.1. The minimum atomic E-state index is -0.998. The summed E-state index contributed by atoms with van der Waals surface area (Å²) in [5.74, 6) is -1.03. The van der Waals surface area contributed by atoms with Gasteiger partial charge in [0.2, 0.25) is 5.91 Å². The van der Waals surface area contributed by atoms with E-state index in [4.69, 9.17) is 5.11 Å². The Balaban J connectivity index is 1.97. The molecule has 3 N–H and O–H groups in total. The van der Waals surface area contributed by atoms with Crippen molar-refractivity contribution in [3.05, 3.63) is 29.6 Å². The van der Waals surface area contributed by atoms with E-state index in [1.54, 1.807) is 0 Å². The van der Waals surface area contributed by atoms with Gasteiger partial charge in [-0.3, -0.25) is 9.78 Å². The number of hydrogen-bond donors (Lipinski definition) is 3. The predicted molar refractivity (Wildman–Crippen MR) is 68.6 cm³/mol. The lowest BCUT2D eigenvalue weighted by Gasteiger charge is -2.21. The highest BCUT2D eigenvalue weighted by molar-refractivity contribution is 5.87. The summed E-state index contributed by atoms with van der Waals surface area (Å²) >= 11 is 0. The molecule has 1 aromatic heterocycles. The van der Waals surface area contributed by atoms with E-state index in [0.29, 0.717) is 12.2 Å². The first-order valence-corrected chi connectivity index (χ1v) is 6.18. The number of nitrogens with zero attached hydrogens (tertiary/aromatic N) is 1. The van der Waals surface area contributed by atoms with E-state index in [-0.39, 0.29) is 23.4 Å². The molecule has 1 saturated heterocycles. The second-order valence-corrected chi connectivity index (χ2v) is 5.01. The molecule has 1 aliphatic heterocycles. The number of aromatic nitrogens is 1. The van der Waals surface area contributed by atoms with Crippen LogP contribution in [0, 0.1) is 5.41 Å². The Morgan fingerprint density at radius 3 is 3.00 bits per heavy atom. The molecule has 1 amide bonds. The maximum absolute atomic E-state index is 12.1. The Hall–Kier alpha value is -1.95. The molecule has 0 aromatic carbocycles. The highest BCUT2D eigenvalue weighted by atomic mass is 16.4. The lowest BCUT2D eigenvalue weighted by molar-refractivity contribution is -0.129. The molecule has 102 valence electrons. The van der Waals surface area contributed by atoms with E-state index in [1.807, 2.05) is 6.92 Å². The van der Waals surface area contributed by atoms with E-state index in [1.165, 1.54) is 18.3 Å². The third-order valence-corrected chi connectivity index (χ3v) is 3.41. The Labute approximate surface area is 111 Å². The zero-order valence-corrected chi connectivity index (χ0v) is 10.8. The third-order valence-electron chi connectivity index (χ3n) is 3.41. The van der Waals surface area contributed by atoms with E-state index in [9.17, 15) is 9.59 Å². The Bertz CT molecular complexity index is 496. The van der Waals surface area contributed by atoms with Gasteiger partial charge in [0.05, 0.1) is 23.2 Å². The third kappa shape index (κ3) is 3.08. The molecule has 1 unspecified atom stereocenters. The molecule has 2 heterocycles. The zero-order valence-electron chi connectivity index (χ0n) is 10.8. The number of carbonyl (C=O) groups is 2. The molecule has 6 heteroatoms. The second kappa shape index (κ2) is 5.36. The van der Waals surface area contributed by atoms with Gasteiger partial charge >= 0.3 is 5.97 Å². The Morgan fingerprint density at radius 1 is 1.58 bits per heavy atom. The molecule has 19 heavy (non-hydrogen) atoms. The number of rotatable bonds is 4. The van der Waals surface area contributed by atoms with Crippen LogP contribution in [0.15, 0.2) is 18.3 Å². The molecule has 0 aliphatic carbocycles. The first-order chi connectivity index (χ1) is 9.01. The number of amides is 1. The van der Waals surface area contributed by atoms with Crippen molar-refractivity contribution in [2.75, 3.05) is 13.1 Å². The summed E-state index contributed by atoms with van der Waals surface area (Å²) in [6.45, 7) is 3.68. The van der Waals surface area contributed by atoms with Crippen LogP contribution in [0.3, 0.4) is 0 Å². The predicted octanol–water partition coefficient (Wildman–Crippen LogP) is 0.396. The summed E-state index contributed by atoms with van der Waals surface area (Å²) in [4.78, 5) is 26.9. The zero-order chi connectivity index (χ0) is 13.9. The summed E-state index contributed by atoms with van der Waals surface area (Å²) < 4.78 is 0. The van der Waals surface area contributed by atoms with E-state index >= 15 is 0 Å². The van der Waals surface area contributed by atoms with Crippen molar-refractivity contribution in [1.82, 2.24) is 15.6 Å². The molecule has 1 aromatic rings. The van der Waals surface area contributed by atoms with Crippen molar-refractivity contribution in [3.8, 4) is 0 Å². The largest absolute Gasteiger partial charge is 0.478 e. The number of carboxylic acids is 1. The number of pyridine rings is 1. The van der Waals surface area contributed by atoms with Crippen LogP contribution in [0.5, 0.6) is 0 Å². The number of carbonyl (C=O) groups excluding carboxylic acids is 1. The van der Waals surface area contributed by atoms with Crippen LogP contribution in [0.1, 0.15) is 29.4 Å². The molecule has 0 radical (unpaired) electrons. The van der Waals surface area contributed by atoms with Crippen LogP contribution in [0.25, 0.3) is 0 Å². The van der Waals surface area contributed by atoms with Crippen LogP contribution in [0.2, 0.25) is 0 Å². The molecule has 1 atom stereocenters. The van der Waals surface area contributed by atoms with Crippen LogP contribution < -0.4 is 10.6 Å². The number of hydrogen-bond acceptors (Lipinski definition) is 4. The minimum absolute atomic E-state index is 0.0278. The second-order valence-electron chi connectivity index (χ2n) is 5.01. The highest BCUT2D eigenvalue weighted by Gasteiger charge is 2.35. The number of carboxylic acid groups (broad SMARTS) is 1. The van der Waals surface area contributed by atoms with E-state index in [2.05, 4.69) is 15.6 Å². The van der Waals surface area contributed by atoms with Crippen molar-refractivity contribution < 1.29 is 14.7 Å². The summed E-state index contributed by atoms with van der Waals surface area (Å²) in [6, 6.07) is 2.90. The Kier molecular flexibility index (Phi) is 3.80. The molecule has 6 nitrogen and oxygen atoms in total. The van der Waals surface area contributed by atoms with Crippen molar-refractivity contribution in [2.45, 2.75) is 19.9 Å². The molecule has 1 fully saturated rings. The molecule has 0 bridgehead atoms. The van der Waals surface area contributed by atoms with Gasteiger partial charge in [0, 0.05) is 12.7 Å². The van der Waals surface area contributed by atoms with Crippen molar-refractivity contribution >= 4 is 11.9 Å². The van der Waals surface area contributed by atoms with Gasteiger partial charge in [-0.2, -0.15) is 0 Å². The summed E-state index contributed by atoms with van der Waals surface area (Å²) in [5.41, 5.74) is 0.334. The van der Waals surface area contributed by atoms with Gasteiger partial charge < -0.3 is 15.7 Å². The monoisotopic (exact) mass is 263 g/mol. The van der Waals surface area contributed by atoms with Crippen molar-refractivity contribution in [3.63, 3.8) is 0 Å². The van der Waals surface area contributed by atoms with Gasteiger partial charge in [0.1, 0.15) is 0 Å². The quantitative estimate of drug-likeness (QED) is 0.731. The summed E-state index contributed by atoms with van der Waals surface area (Å²) in [7, 11) is 0. The number of nitrogens with one attached hydrogen (secondary N) is 2. The van der Waals surface area contributed by atoms with Crippen LogP contribution in [0.4, 0.5) is 0 Å². The molecule has 2 rings (SSSR count). The summed E-state index contributed by atoms with van der Waals surface area (Å²) in [5, 5.41) is 14.9. The summed E-state index contributed by atoms with van der Waals surface area (Å²) in [6.07, 6.45) is 2.24. The van der Waals surface area contributed by atoms with Crippen molar-refractivity contribution in [1.29, 1.82) is 0 Å². The fourth-order valence-corrected chi connectivity index (χ4v) is 2.10. The average Bonchev–Trinajstić information content (AvgIpc) is 2.84. The topological polar surface area (TPSA) is 91.3 Å². The smallest absolute Gasteiger partial charge is 0.335 e. The SMILES string of the molecule is CC1(C(=O)NCc2cc(C(=O)O)ccn2)CCNC1. The molecule has 1 aliphatic rings. The minimum Gasteiger partial charge on any atom is -0.478 e. The van der Waals surface area contributed by atoms with Gasteiger partial charge in [-0.05, 0) is 32.0 Å². The molecule has 0 spiro atoms. The molecule has 0 saturated carbocycles. The van der Waals surface area contributed by atoms with E-state index < -0.39 is 5.97 Å². The fourth-order valence-electron chi connectivity index (χ4n) is 2.10. The maximum Gasteiger partial charge on any atom is 0.335 e. The van der Waals surface area contributed by atoms with Gasteiger partial charge in [-0.15, -0.1) is 0 Å².